The number of nitrogens with zero attached hydrogens (tertiary/aromatic N) is 1. The van der Waals surface area contributed by atoms with Crippen molar-refractivity contribution >= 4 is 40.1 Å². The number of halogens is 1. The lowest BCUT2D eigenvalue weighted by Crippen LogP contribution is -2.44. The number of alkyl halides is 1. The van der Waals surface area contributed by atoms with Gasteiger partial charge in [0.05, 0.1) is 27.7 Å². The molecule has 0 aliphatic rings. The molecule has 0 aliphatic heterocycles. The van der Waals surface area contributed by atoms with Crippen LogP contribution in [0, 0.1) is 20.8 Å². The topological polar surface area (TPSA) is 100 Å². The Morgan fingerprint density at radius 3 is 1.56 bits per heavy atom. The van der Waals surface area contributed by atoms with Crippen molar-refractivity contribution in [2.75, 3.05) is 13.7 Å². The van der Waals surface area contributed by atoms with Crippen molar-refractivity contribution in [1.82, 2.24) is 0 Å². The van der Waals surface area contributed by atoms with E-state index in [9.17, 15) is 14.4 Å². The molecule has 0 spiro atoms. The normalized spacial score (nSPS) is 13.3. The zero-order valence-electron chi connectivity index (χ0n) is 22.1. The molecule has 39 heavy (non-hydrogen) atoms. The molecular formula is C30H30BrNO7. The summed E-state index contributed by atoms with van der Waals surface area (Å²) >= 11 is 3.47. The summed E-state index contributed by atoms with van der Waals surface area (Å²) in [4.78, 5) is 42.7. The SMILES string of the molecule is CON=C[C@@H](OC(=O)c1ccc(C)cc1)[C@@H](OC(=O)c1ccc(C)cc1)[C@H](Br)COC(=O)c1ccc(C)cc1. The number of carbonyl (C=O) groups excluding carboxylic acids is 3. The van der Waals surface area contributed by atoms with E-state index in [-0.39, 0.29) is 6.61 Å². The van der Waals surface area contributed by atoms with Gasteiger partial charge in [0.15, 0.2) is 12.2 Å². The first kappa shape index (κ1) is 29.6. The summed E-state index contributed by atoms with van der Waals surface area (Å²) in [5.74, 6) is -1.87. The number of oxime groups is 1. The molecule has 0 saturated heterocycles. The lowest BCUT2D eigenvalue weighted by molar-refractivity contribution is -0.0209. The van der Waals surface area contributed by atoms with Gasteiger partial charge in [-0.2, -0.15) is 0 Å². The van der Waals surface area contributed by atoms with Gasteiger partial charge in [0, 0.05) is 0 Å². The van der Waals surface area contributed by atoms with Gasteiger partial charge in [-0.25, -0.2) is 14.4 Å². The van der Waals surface area contributed by atoms with Crippen molar-refractivity contribution in [3.05, 3.63) is 106 Å². The first-order valence-electron chi connectivity index (χ1n) is 12.2. The fraction of sp³-hybridized carbons (Fsp3) is 0.267. The van der Waals surface area contributed by atoms with E-state index in [1.165, 1.54) is 13.3 Å². The van der Waals surface area contributed by atoms with E-state index >= 15 is 0 Å². The Labute approximate surface area is 236 Å². The number of hydrogen-bond acceptors (Lipinski definition) is 8. The first-order valence-corrected chi connectivity index (χ1v) is 13.1. The highest BCUT2D eigenvalue weighted by Gasteiger charge is 2.35. The van der Waals surface area contributed by atoms with Gasteiger partial charge in [-0.15, -0.1) is 0 Å². The van der Waals surface area contributed by atoms with Crippen LogP contribution in [-0.2, 0) is 19.0 Å². The minimum atomic E-state index is -1.18. The van der Waals surface area contributed by atoms with Crippen LogP contribution in [0.5, 0.6) is 0 Å². The number of ether oxygens (including phenoxy) is 3. The van der Waals surface area contributed by atoms with Crippen LogP contribution in [0.25, 0.3) is 0 Å². The summed E-state index contributed by atoms with van der Waals surface area (Å²) in [6.07, 6.45) is -1.11. The average molecular weight is 596 g/mol. The minimum absolute atomic E-state index is 0.196. The number of rotatable bonds is 11. The van der Waals surface area contributed by atoms with Crippen molar-refractivity contribution in [2.45, 2.75) is 37.8 Å². The van der Waals surface area contributed by atoms with E-state index in [1.54, 1.807) is 72.8 Å². The maximum atomic E-state index is 13.1. The Morgan fingerprint density at radius 1 is 0.718 bits per heavy atom. The van der Waals surface area contributed by atoms with Crippen LogP contribution in [0.2, 0.25) is 0 Å². The number of aryl methyl sites for hydroxylation is 3. The molecule has 0 aromatic heterocycles. The van der Waals surface area contributed by atoms with E-state index in [2.05, 4.69) is 21.1 Å². The van der Waals surface area contributed by atoms with Gasteiger partial charge in [-0.3, -0.25) is 0 Å². The fourth-order valence-electron chi connectivity index (χ4n) is 3.44. The molecule has 8 nitrogen and oxygen atoms in total. The van der Waals surface area contributed by atoms with Gasteiger partial charge in [0.1, 0.15) is 13.7 Å². The first-order chi connectivity index (χ1) is 18.7. The van der Waals surface area contributed by atoms with Crippen LogP contribution in [-0.4, -0.2) is 54.9 Å². The molecule has 0 saturated carbocycles. The molecule has 204 valence electrons. The summed E-state index contributed by atoms with van der Waals surface area (Å²) < 4.78 is 17.0. The molecular weight excluding hydrogens is 566 g/mol. The molecule has 0 N–H and O–H groups in total. The molecule has 0 amide bonds. The standard InChI is InChI=1S/C30H30BrNO7/c1-19-5-11-22(12-6-19)28(33)37-18-25(31)27(39-30(35)24-15-9-21(3)10-16-24)26(17-32-36-4)38-29(34)23-13-7-20(2)8-14-23/h5-17,25-27H,18H2,1-4H3/t25-,26-,27+/m1/s1. The van der Waals surface area contributed by atoms with Crippen LogP contribution < -0.4 is 0 Å². The van der Waals surface area contributed by atoms with E-state index in [0.717, 1.165) is 16.7 Å². The summed E-state index contributed by atoms with van der Waals surface area (Å²) in [7, 11) is 1.33. The molecule has 3 aromatic carbocycles. The fourth-order valence-corrected chi connectivity index (χ4v) is 3.98. The molecule has 0 unspecified atom stereocenters. The summed E-state index contributed by atoms with van der Waals surface area (Å²) in [5, 5.41) is 3.76. The largest absolute Gasteiger partial charge is 0.461 e. The third kappa shape index (κ3) is 8.78. The van der Waals surface area contributed by atoms with E-state index < -0.39 is 34.9 Å². The van der Waals surface area contributed by atoms with Crippen LogP contribution in [0.15, 0.2) is 78.0 Å². The van der Waals surface area contributed by atoms with Crippen molar-refractivity contribution in [3.63, 3.8) is 0 Å². The van der Waals surface area contributed by atoms with Gasteiger partial charge in [0.25, 0.3) is 0 Å². The lowest BCUT2D eigenvalue weighted by Gasteiger charge is -2.28. The molecule has 0 aliphatic carbocycles. The smallest absolute Gasteiger partial charge is 0.338 e. The highest BCUT2D eigenvalue weighted by atomic mass is 79.9. The molecule has 9 heteroatoms. The summed E-state index contributed by atoms with van der Waals surface area (Å²) in [6, 6.07) is 20.6. The molecule has 3 aromatic rings. The van der Waals surface area contributed by atoms with E-state index in [4.69, 9.17) is 19.0 Å². The molecule has 3 rings (SSSR count). The van der Waals surface area contributed by atoms with E-state index in [0.29, 0.717) is 16.7 Å². The molecule has 3 atom stereocenters. The quantitative estimate of drug-likeness (QED) is 0.0932. The Kier molecular flexibility index (Phi) is 10.8. The van der Waals surface area contributed by atoms with Gasteiger partial charge in [-0.05, 0) is 57.2 Å². The lowest BCUT2D eigenvalue weighted by atomic mass is 10.1. The van der Waals surface area contributed by atoms with Crippen molar-refractivity contribution in [1.29, 1.82) is 0 Å². The maximum absolute atomic E-state index is 13.1. The average Bonchev–Trinajstić information content (AvgIpc) is 2.93. The Bertz CT molecular complexity index is 1290. The van der Waals surface area contributed by atoms with Crippen molar-refractivity contribution < 1.29 is 33.4 Å². The Morgan fingerprint density at radius 2 is 1.13 bits per heavy atom. The number of hydrogen-bond donors (Lipinski definition) is 0. The number of benzene rings is 3. The molecule has 0 heterocycles. The maximum Gasteiger partial charge on any atom is 0.338 e. The van der Waals surface area contributed by atoms with E-state index in [1.807, 2.05) is 20.8 Å². The predicted molar refractivity (Wildman–Crippen MR) is 150 cm³/mol. The molecule has 0 bridgehead atoms. The summed E-state index contributed by atoms with van der Waals surface area (Å²) in [6.45, 7) is 5.52. The van der Waals surface area contributed by atoms with Crippen LogP contribution >= 0.6 is 15.9 Å². The Balaban J connectivity index is 1.85. The van der Waals surface area contributed by atoms with Crippen LogP contribution in [0.1, 0.15) is 47.8 Å². The van der Waals surface area contributed by atoms with Gasteiger partial charge in [0.2, 0.25) is 0 Å². The highest BCUT2D eigenvalue weighted by Crippen LogP contribution is 2.21. The summed E-state index contributed by atoms with van der Waals surface area (Å²) in [5.41, 5.74) is 3.93. The second kappa shape index (κ2) is 14.2. The predicted octanol–water partition coefficient (Wildman–Crippen LogP) is 5.62. The second-order valence-corrected chi connectivity index (χ2v) is 10.1. The third-order valence-electron chi connectivity index (χ3n) is 5.72. The van der Waals surface area contributed by atoms with Crippen LogP contribution in [0.3, 0.4) is 0 Å². The Hall–Kier alpha value is -3.98. The third-order valence-corrected chi connectivity index (χ3v) is 6.50. The second-order valence-electron chi connectivity index (χ2n) is 8.89. The zero-order valence-corrected chi connectivity index (χ0v) is 23.7. The van der Waals surface area contributed by atoms with Crippen molar-refractivity contribution in [2.24, 2.45) is 5.16 Å². The number of carbonyl (C=O) groups is 3. The van der Waals surface area contributed by atoms with Gasteiger partial charge in [-0.1, -0.05) is 74.2 Å². The highest BCUT2D eigenvalue weighted by molar-refractivity contribution is 9.09. The van der Waals surface area contributed by atoms with Crippen LogP contribution in [0.4, 0.5) is 0 Å². The van der Waals surface area contributed by atoms with Crippen molar-refractivity contribution in [3.8, 4) is 0 Å². The van der Waals surface area contributed by atoms with Gasteiger partial charge < -0.3 is 19.0 Å². The number of esters is 3. The molecule has 0 fully saturated rings. The minimum Gasteiger partial charge on any atom is -0.461 e. The monoisotopic (exact) mass is 595 g/mol. The van der Waals surface area contributed by atoms with Gasteiger partial charge >= 0.3 is 17.9 Å². The zero-order chi connectivity index (χ0) is 28.4. The molecule has 0 radical (unpaired) electrons.